The van der Waals surface area contributed by atoms with Gasteiger partial charge in [-0.25, -0.2) is 8.42 Å². The summed E-state index contributed by atoms with van der Waals surface area (Å²) in [7, 11) is -3.79. The van der Waals surface area contributed by atoms with Crippen molar-refractivity contribution in [3.63, 3.8) is 0 Å². The number of carbonyl (C=O) groups is 1. The second-order valence-corrected chi connectivity index (χ2v) is 8.45. The Hall–Kier alpha value is -2.05. The molecule has 0 saturated heterocycles. The monoisotopic (exact) mass is 376 g/mol. The van der Waals surface area contributed by atoms with Gasteiger partial charge in [-0.2, -0.15) is 0 Å². The van der Waals surface area contributed by atoms with Gasteiger partial charge >= 0.3 is 0 Å². The predicted octanol–water partition coefficient (Wildman–Crippen LogP) is 3.44. The Labute approximate surface area is 151 Å². The number of anilines is 2. The largest absolute Gasteiger partial charge is 0.312 e. The summed E-state index contributed by atoms with van der Waals surface area (Å²) in [5.41, 5.74) is 2.29. The average molecular weight is 377 g/mol. The molecule has 1 amide bonds. The highest BCUT2D eigenvalue weighted by molar-refractivity contribution is 7.92. The van der Waals surface area contributed by atoms with E-state index in [4.69, 9.17) is 11.6 Å². The molecule has 1 aliphatic heterocycles. The van der Waals surface area contributed by atoms with Gasteiger partial charge in [0.1, 0.15) is 4.90 Å². The quantitative estimate of drug-likeness (QED) is 0.888. The van der Waals surface area contributed by atoms with Gasteiger partial charge in [-0.05, 0) is 49.1 Å². The molecule has 1 N–H and O–H groups in total. The molecular weight excluding hydrogens is 360 g/mol. The number of rotatable bonds is 4. The third-order valence-corrected chi connectivity index (χ3v) is 6.43. The second-order valence-electron chi connectivity index (χ2n) is 6.39. The van der Waals surface area contributed by atoms with Crippen molar-refractivity contribution in [1.82, 2.24) is 0 Å². The van der Waals surface area contributed by atoms with E-state index in [0.29, 0.717) is 12.2 Å². The van der Waals surface area contributed by atoms with Crippen LogP contribution in [-0.4, -0.2) is 20.9 Å². The van der Waals surface area contributed by atoms with E-state index in [1.54, 1.807) is 29.2 Å². The summed E-state index contributed by atoms with van der Waals surface area (Å²) >= 11 is 6.00. The smallest absolute Gasteiger partial charge is 0.263 e. The van der Waals surface area contributed by atoms with E-state index in [2.05, 4.69) is 4.72 Å². The summed E-state index contributed by atoms with van der Waals surface area (Å²) in [6.45, 7) is 0.658. The van der Waals surface area contributed by atoms with Crippen molar-refractivity contribution in [1.29, 1.82) is 0 Å². The summed E-state index contributed by atoms with van der Waals surface area (Å²) in [6, 6.07) is 11.6. The Kier molecular flexibility index (Phi) is 3.96. The van der Waals surface area contributed by atoms with Crippen LogP contribution < -0.4 is 9.62 Å². The van der Waals surface area contributed by atoms with Crippen molar-refractivity contribution >= 4 is 38.9 Å². The van der Waals surface area contributed by atoms with E-state index in [9.17, 15) is 13.2 Å². The maximum Gasteiger partial charge on any atom is 0.263 e. The summed E-state index contributed by atoms with van der Waals surface area (Å²) in [4.78, 5) is 14.2. The molecule has 0 spiro atoms. The third kappa shape index (κ3) is 3.12. The lowest BCUT2D eigenvalue weighted by atomic mass is 10.1. The predicted molar refractivity (Wildman–Crippen MR) is 97.5 cm³/mol. The summed E-state index contributed by atoms with van der Waals surface area (Å²) in [6.07, 6.45) is 2.69. The maximum atomic E-state index is 12.6. The molecule has 7 heteroatoms. The molecule has 5 nitrogen and oxygen atoms in total. The lowest BCUT2D eigenvalue weighted by Crippen LogP contribution is -2.30. The second kappa shape index (κ2) is 6.04. The molecule has 1 aliphatic carbocycles. The van der Waals surface area contributed by atoms with Crippen LogP contribution in [0.1, 0.15) is 18.4 Å². The summed E-state index contributed by atoms with van der Waals surface area (Å²) in [5.74, 6) is 0.277. The van der Waals surface area contributed by atoms with E-state index in [0.717, 1.165) is 30.5 Å². The van der Waals surface area contributed by atoms with Crippen LogP contribution >= 0.6 is 11.6 Å². The molecule has 2 aliphatic rings. The fraction of sp³-hybridized carbons (Fsp3) is 0.278. The number of amides is 1. The Morgan fingerprint density at radius 1 is 1.16 bits per heavy atom. The van der Waals surface area contributed by atoms with Gasteiger partial charge in [0.25, 0.3) is 10.0 Å². The highest BCUT2D eigenvalue weighted by Gasteiger charge is 2.36. The molecule has 0 bridgehead atoms. The third-order valence-electron chi connectivity index (χ3n) is 4.55. The van der Waals surface area contributed by atoms with Crippen LogP contribution in [0.3, 0.4) is 0 Å². The minimum Gasteiger partial charge on any atom is -0.312 e. The molecule has 1 fully saturated rings. The molecule has 0 aromatic heterocycles. The van der Waals surface area contributed by atoms with E-state index in [1.807, 2.05) is 6.07 Å². The van der Waals surface area contributed by atoms with Crippen LogP contribution in [0.15, 0.2) is 47.4 Å². The van der Waals surface area contributed by atoms with Gasteiger partial charge in [-0.1, -0.05) is 29.8 Å². The van der Waals surface area contributed by atoms with Gasteiger partial charge in [0, 0.05) is 18.2 Å². The molecule has 25 heavy (non-hydrogen) atoms. The first-order chi connectivity index (χ1) is 12.0. The Bertz CT molecular complexity index is 955. The molecule has 4 rings (SSSR count). The Morgan fingerprint density at radius 2 is 1.92 bits per heavy atom. The van der Waals surface area contributed by atoms with Gasteiger partial charge < -0.3 is 4.90 Å². The molecule has 0 radical (unpaired) electrons. The summed E-state index contributed by atoms with van der Waals surface area (Å²) in [5, 5.41) is 0.168. The van der Waals surface area contributed by atoms with Crippen molar-refractivity contribution < 1.29 is 13.2 Å². The molecular formula is C18H17ClN2O3S. The molecule has 1 heterocycles. The first kappa shape index (κ1) is 16.4. The number of benzene rings is 2. The molecule has 2 aromatic rings. The Morgan fingerprint density at radius 3 is 2.64 bits per heavy atom. The summed E-state index contributed by atoms with van der Waals surface area (Å²) < 4.78 is 27.7. The van der Waals surface area contributed by atoms with Crippen molar-refractivity contribution in [3.8, 4) is 0 Å². The first-order valence-electron chi connectivity index (χ1n) is 8.17. The number of fused-ring (bicyclic) bond motifs is 1. The standard InChI is InChI=1S/C18H17ClN2O3S/c19-15-3-1-2-4-17(15)25(23,24)20-14-8-7-12-9-10-21(16(12)11-14)18(22)13-5-6-13/h1-4,7-8,11,13,20H,5-6,9-10H2. The zero-order valence-corrected chi connectivity index (χ0v) is 15.0. The SMILES string of the molecule is O=C(C1CC1)N1CCc2ccc(NS(=O)(=O)c3ccccc3Cl)cc21. The van der Waals surface area contributed by atoms with Crippen LogP contribution in [0.25, 0.3) is 0 Å². The van der Waals surface area contributed by atoms with Crippen LogP contribution in [0.5, 0.6) is 0 Å². The lowest BCUT2D eigenvalue weighted by molar-refractivity contribution is -0.119. The molecule has 2 aromatic carbocycles. The van der Waals surface area contributed by atoms with Crippen molar-refractivity contribution in [2.45, 2.75) is 24.2 Å². The molecule has 1 saturated carbocycles. The van der Waals surface area contributed by atoms with Crippen LogP contribution in [0, 0.1) is 5.92 Å². The fourth-order valence-corrected chi connectivity index (χ4v) is 4.67. The molecule has 0 atom stereocenters. The van der Waals surface area contributed by atoms with Crippen molar-refractivity contribution in [2.75, 3.05) is 16.2 Å². The van der Waals surface area contributed by atoms with Crippen LogP contribution in [0.4, 0.5) is 11.4 Å². The number of nitrogens with one attached hydrogen (secondary N) is 1. The first-order valence-corrected chi connectivity index (χ1v) is 10.0. The van der Waals surface area contributed by atoms with Gasteiger partial charge in [0.05, 0.1) is 10.7 Å². The zero-order chi connectivity index (χ0) is 17.6. The number of halogens is 1. The average Bonchev–Trinajstić information content (AvgIpc) is 3.34. The highest BCUT2D eigenvalue weighted by atomic mass is 35.5. The lowest BCUT2D eigenvalue weighted by Gasteiger charge is -2.18. The van der Waals surface area contributed by atoms with Gasteiger partial charge in [0.2, 0.25) is 5.91 Å². The van der Waals surface area contributed by atoms with Gasteiger partial charge in [0.15, 0.2) is 0 Å². The molecule has 0 unspecified atom stereocenters. The van der Waals surface area contributed by atoms with E-state index in [1.165, 1.54) is 12.1 Å². The topological polar surface area (TPSA) is 66.5 Å². The van der Waals surface area contributed by atoms with Gasteiger partial charge in [-0.15, -0.1) is 0 Å². The Balaban J connectivity index is 1.63. The normalized spacial score (nSPS) is 16.6. The fourth-order valence-electron chi connectivity index (χ4n) is 3.10. The number of hydrogen-bond donors (Lipinski definition) is 1. The number of carbonyl (C=O) groups excluding carboxylic acids is 1. The van der Waals surface area contributed by atoms with Crippen LogP contribution in [0.2, 0.25) is 5.02 Å². The van der Waals surface area contributed by atoms with Crippen molar-refractivity contribution in [3.05, 3.63) is 53.1 Å². The minimum atomic E-state index is -3.79. The van der Waals surface area contributed by atoms with Crippen LogP contribution in [-0.2, 0) is 21.2 Å². The van der Waals surface area contributed by atoms with E-state index < -0.39 is 10.0 Å². The number of nitrogens with zero attached hydrogens (tertiary/aromatic N) is 1. The number of hydrogen-bond acceptors (Lipinski definition) is 3. The van der Waals surface area contributed by atoms with Crippen molar-refractivity contribution in [2.24, 2.45) is 5.92 Å². The molecule has 130 valence electrons. The maximum absolute atomic E-state index is 12.6. The number of sulfonamides is 1. The van der Waals surface area contributed by atoms with E-state index >= 15 is 0 Å². The minimum absolute atomic E-state index is 0.0306. The zero-order valence-electron chi connectivity index (χ0n) is 13.4. The van der Waals surface area contributed by atoms with E-state index in [-0.39, 0.29) is 21.7 Å². The highest BCUT2D eigenvalue weighted by Crippen LogP contribution is 2.38. The van der Waals surface area contributed by atoms with Gasteiger partial charge in [-0.3, -0.25) is 9.52 Å².